The van der Waals surface area contributed by atoms with Crippen molar-refractivity contribution in [3.8, 4) is 23.1 Å². The summed E-state index contributed by atoms with van der Waals surface area (Å²) in [6, 6.07) is 31.9. The third kappa shape index (κ3) is 11.5. The lowest BCUT2D eigenvalue weighted by Gasteiger charge is -2.34. The number of nitrogens with zero attached hydrogens (tertiary/aromatic N) is 3. The quantitative estimate of drug-likeness (QED) is 0.104. The van der Waals surface area contributed by atoms with Gasteiger partial charge in [0.25, 0.3) is 0 Å². The Morgan fingerprint density at radius 2 is 1.59 bits per heavy atom. The molecule has 282 valence electrons. The van der Waals surface area contributed by atoms with Gasteiger partial charge >= 0.3 is 0 Å². The van der Waals surface area contributed by atoms with Crippen LogP contribution in [-0.2, 0) is 24.4 Å². The number of aromatic nitrogens is 1. The smallest absolute Gasteiger partial charge is 0.246 e. The highest BCUT2D eigenvalue weighted by Gasteiger charge is 2.20. The second-order valence-corrected chi connectivity index (χ2v) is 14.4. The van der Waals surface area contributed by atoms with Crippen LogP contribution in [0.3, 0.4) is 0 Å². The molecule has 10 heteroatoms. The highest BCUT2D eigenvalue weighted by molar-refractivity contribution is 6.32. The van der Waals surface area contributed by atoms with E-state index >= 15 is 0 Å². The fourth-order valence-corrected chi connectivity index (χ4v) is 6.60. The second-order valence-electron chi connectivity index (χ2n) is 13.5. The molecule has 1 aromatic heterocycles. The van der Waals surface area contributed by atoms with Crippen LogP contribution in [-0.4, -0.2) is 53.5 Å². The Balaban J connectivity index is 0.00000561. The number of carbonyl (C=O) groups is 1. The van der Waals surface area contributed by atoms with Crippen molar-refractivity contribution in [2.24, 2.45) is 0 Å². The third-order valence-corrected chi connectivity index (χ3v) is 9.88. The van der Waals surface area contributed by atoms with E-state index in [1.807, 2.05) is 48.2 Å². The van der Waals surface area contributed by atoms with Crippen LogP contribution in [0, 0.1) is 6.92 Å². The van der Waals surface area contributed by atoms with Crippen molar-refractivity contribution >= 4 is 47.6 Å². The minimum absolute atomic E-state index is 0. The molecule has 5 aromatic rings. The minimum Gasteiger partial charge on any atom is -0.493 e. The molecule has 1 aliphatic heterocycles. The molecule has 7 nitrogen and oxygen atoms in total. The third-order valence-electron chi connectivity index (χ3n) is 9.24. The lowest BCUT2D eigenvalue weighted by atomic mass is 10.0. The molecule has 0 unspecified atom stereocenters. The minimum atomic E-state index is -0.0118. The first-order chi connectivity index (χ1) is 25.7. The van der Waals surface area contributed by atoms with Crippen LogP contribution in [0.1, 0.15) is 53.1 Å². The Morgan fingerprint density at radius 1 is 0.833 bits per heavy atom. The van der Waals surface area contributed by atoms with Crippen molar-refractivity contribution in [2.45, 2.75) is 46.3 Å². The van der Waals surface area contributed by atoms with Gasteiger partial charge in [0.1, 0.15) is 18.1 Å². The zero-order valence-corrected chi connectivity index (χ0v) is 33.2. The van der Waals surface area contributed by atoms with Gasteiger partial charge in [-0.1, -0.05) is 91.6 Å². The average Bonchev–Trinajstić information content (AvgIpc) is 3.16. The van der Waals surface area contributed by atoms with Crippen molar-refractivity contribution in [3.63, 3.8) is 0 Å². The fourth-order valence-electron chi connectivity index (χ4n) is 6.10. The lowest BCUT2D eigenvalue weighted by molar-refractivity contribution is -0.127. The number of carbonyl (C=O) groups excluding carboxylic acids is 1. The van der Waals surface area contributed by atoms with Crippen molar-refractivity contribution < 1.29 is 19.0 Å². The molecule has 6 rings (SSSR count). The Morgan fingerprint density at radius 3 is 2.30 bits per heavy atom. The topological polar surface area (TPSA) is 64.1 Å². The maximum atomic E-state index is 13.1. The van der Waals surface area contributed by atoms with E-state index < -0.39 is 0 Å². The van der Waals surface area contributed by atoms with Crippen molar-refractivity contribution in [1.29, 1.82) is 0 Å². The Labute approximate surface area is 334 Å². The molecule has 0 radical (unpaired) electrons. The van der Waals surface area contributed by atoms with Crippen LogP contribution in [0.2, 0.25) is 10.0 Å². The number of amides is 1. The number of pyridine rings is 1. The van der Waals surface area contributed by atoms with Gasteiger partial charge in [0, 0.05) is 61.9 Å². The summed E-state index contributed by atoms with van der Waals surface area (Å²) in [5.74, 6) is 2.89. The summed E-state index contributed by atoms with van der Waals surface area (Å²) in [6.07, 6.45) is 5.88. The summed E-state index contributed by atoms with van der Waals surface area (Å²) in [7, 11) is 0. The molecular formula is C44H46Cl3N3O4. The zero-order chi connectivity index (χ0) is 37.2. The average molecular weight is 787 g/mol. The van der Waals surface area contributed by atoms with Crippen molar-refractivity contribution in [2.75, 3.05) is 32.8 Å². The number of piperazine rings is 1. The van der Waals surface area contributed by atoms with Gasteiger partial charge in [-0.3, -0.25) is 9.69 Å². The highest BCUT2D eigenvalue weighted by atomic mass is 35.5. The van der Waals surface area contributed by atoms with Crippen LogP contribution >= 0.6 is 35.6 Å². The zero-order valence-electron chi connectivity index (χ0n) is 30.8. The summed E-state index contributed by atoms with van der Waals surface area (Å²) >= 11 is 12.9. The van der Waals surface area contributed by atoms with Gasteiger partial charge < -0.3 is 19.1 Å². The number of ether oxygens (including phenoxy) is 3. The molecule has 1 fully saturated rings. The number of rotatable bonds is 14. The van der Waals surface area contributed by atoms with Crippen molar-refractivity contribution in [3.05, 3.63) is 153 Å². The SMILES string of the molecule is Cc1cc(/C=C/C(=O)N2CCN(Cc3ccc(CCOc4cccc(C(C)C)c4)cc3)CC2)cc(Cl)c1Oc1ccc(OCc2ccccc2Cl)cn1.Cl. The lowest BCUT2D eigenvalue weighted by Crippen LogP contribution is -2.47. The van der Waals surface area contributed by atoms with E-state index in [-0.39, 0.29) is 18.3 Å². The van der Waals surface area contributed by atoms with E-state index in [2.05, 4.69) is 66.2 Å². The molecule has 0 atom stereocenters. The van der Waals surface area contributed by atoms with Crippen LogP contribution < -0.4 is 14.2 Å². The number of aryl methyl sites for hydroxylation is 1. The highest BCUT2D eigenvalue weighted by Crippen LogP contribution is 2.34. The van der Waals surface area contributed by atoms with Gasteiger partial charge in [-0.15, -0.1) is 12.4 Å². The molecule has 0 bridgehead atoms. The second kappa shape index (κ2) is 19.7. The molecular weight excluding hydrogens is 741 g/mol. The predicted octanol–water partition coefficient (Wildman–Crippen LogP) is 10.6. The first-order valence-corrected chi connectivity index (χ1v) is 18.8. The molecule has 0 spiro atoms. The molecule has 54 heavy (non-hydrogen) atoms. The molecule has 2 heterocycles. The first kappa shape index (κ1) is 40.7. The fraction of sp³-hybridized carbons (Fsp3) is 0.273. The van der Waals surface area contributed by atoms with Gasteiger partial charge in [-0.25, -0.2) is 4.98 Å². The van der Waals surface area contributed by atoms with Gasteiger partial charge in [0.05, 0.1) is 17.8 Å². The van der Waals surface area contributed by atoms with Gasteiger partial charge in [-0.2, -0.15) is 0 Å². The standard InChI is InChI=1S/C44H45Cl2N3O4.ClH/c1-31(2)36-8-6-9-38(27-36)51-24-19-33-11-13-34(14-12-33)29-48-20-22-49(23-21-48)43(50)18-15-35-25-32(3)44(41(46)26-35)53-42-17-16-39(28-47-42)52-30-37-7-4-5-10-40(37)45;/h4-18,25-28,31H,19-24,29-30H2,1-3H3;1H/b18-15+;. The Kier molecular flexibility index (Phi) is 14.8. The molecule has 0 saturated carbocycles. The molecule has 1 aliphatic rings. The van der Waals surface area contributed by atoms with Gasteiger partial charge in [0.15, 0.2) is 5.75 Å². The van der Waals surface area contributed by atoms with Crippen LogP contribution in [0.5, 0.6) is 23.1 Å². The van der Waals surface area contributed by atoms with Gasteiger partial charge in [-0.05, 0) is 83.1 Å². The summed E-state index contributed by atoms with van der Waals surface area (Å²) in [4.78, 5) is 21.7. The van der Waals surface area contributed by atoms with Gasteiger partial charge in [0.2, 0.25) is 11.8 Å². The largest absolute Gasteiger partial charge is 0.493 e. The van der Waals surface area contributed by atoms with E-state index in [0.29, 0.717) is 59.6 Å². The normalized spacial score (nSPS) is 13.2. The first-order valence-electron chi connectivity index (χ1n) is 18.0. The van der Waals surface area contributed by atoms with Crippen LogP contribution in [0.4, 0.5) is 0 Å². The molecule has 1 saturated heterocycles. The van der Waals surface area contributed by atoms with Crippen molar-refractivity contribution in [1.82, 2.24) is 14.8 Å². The number of benzene rings is 4. The van der Waals surface area contributed by atoms with Crippen LogP contribution in [0.25, 0.3) is 6.08 Å². The summed E-state index contributed by atoms with van der Waals surface area (Å²) in [5, 5.41) is 1.09. The number of hydrogen-bond acceptors (Lipinski definition) is 6. The Bertz CT molecular complexity index is 1990. The molecule has 0 N–H and O–H groups in total. The van der Waals surface area contributed by atoms with E-state index in [0.717, 1.165) is 48.5 Å². The monoisotopic (exact) mass is 785 g/mol. The molecule has 0 aliphatic carbocycles. The summed E-state index contributed by atoms with van der Waals surface area (Å²) < 4.78 is 17.9. The van der Waals surface area contributed by atoms with E-state index in [1.54, 1.807) is 36.5 Å². The maximum Gasteiger partial charge on any atom is 0.246 e. The Hall–Kier alpha value is -4.53. The van der Waals surface area contributed by atoms with Crippen LogP contribution in [0.15, 0.2) is 109 Å². The van der Waals surface area contributed by atoms with E-state index in [4.69, 9.17) is 37.4 Å². The van der Waals surface area contributed by atoms with E-state index in [1.165, 1.54) is 16.7 Å². The molecule has 4 aromatic carbocycles. The predicted molar refractivity (Wildman–Crippen MR) is 221 cm³/mol. The number of hydrogen-bond donors (Lipinski definition) is 0. The maximum absolute atomic E-state index is 13.1. The summed E-state index contributed by atoms with van der Waals surface area (Å²) in [6.45, 7) is 11.1. The summed E-state index contributed by atoms with van der Waals surface area (Å²) in [5.41, 5.74) is 6.36. The molecule has 1 amide bonds. The van der Waals surface area contributed by atoms with E-state index in [9.17, 15) is 4.79 Å². The number of halogens is 3.